The number of aromatic nitrogens is 2. The number of carbonyl (C=O) groups is 1. The first kappa shape index (κ1) is 14.1. The third-order valence-corrected chi connectivity index (χ3v) is 3.55. The van der Waals surface area contributed by atoms with Gasteiger partial charge in [0.15, 0.2) is 0 Å². The Morgan fingerprint density at radius 2 is 1.73 bits per heavy atom. The maximum atomic E-state index is 10.7. The fourth-order valence-electron chi connectivity index (χ4n) is 2.46. The Bertz CT molecular complexity index is 790. The summed E-state index contributed by atoms with van der Waals surface area (Å²) in [4.78, 5) is 10.7. The maximum Gasteiger partial charge on any atom is 0.307 e. The molecule has 3 rings (SSSR count). The first-order valence-corrected chi connectivity index (χ1v) is 7.04. The van der Waals surface area contributed by atoms with Crippen LogP contribution in [-0.2, 0) is 18.3 Å². The third kappa shape index (κ3) is 2.91. The van der Waals surface area contributed by atoms with Gasteiger partial charge < -0.3 is 5.11 Å². The molecule has 0 spiro atoms. The average molecular weight is 292 g/mol. The Morgan fingerprint density at radius 1 is 1.05 bits per heavy atom. The summed E-state index contributed by atoms with van der Waals surface area (Å²) in [5, 5.41) is 13.4. The second kappa shape index (κ2) is 5.85. The zero-order chi connectivity index (χ0) is 15.5. The highest BCUT2D eigenvalue weighted by Crippen LogP contribution is 2.25. The SMILES string of the molecule is Cn1nc(-c2ccc(CC(=O)O)cc2)cc1-c1ccccc1. The van der Waals surface area contributed by atoms with Crippen molar-refractivity contribution in [2.24, 2.45) is 7.05 Å². The largest absolute Gasteiger partial charge is 0.481 e. The summed E-state index contributed by atoms with van der Waals surface area (Å²) in [6.45, 7) is 0. The number of nitrogens with zero attached hydrogens (tertiary/aromatic N) is 2. The molecular weight excluding hydrogens is 276 g/mol. The van der Waals surface area contributed by atoms with Crippen LogP contribution >= 0.6 is 0 Å². The molecule has 1 heterocycles. The van der Waals surface area contributed by atoms with E-state index in [1.54, 1.807) is 0 Å². The lowest BCUT2D eigenvalue weighted by atomic mass is 10.1. The van der Waals surface area contributed by atoms with E-state index in [1.807, 2.05) is 60.3 Å². The lowest BCUT2D eigenvalue weighted by Gasteiger charge is -1.99. The molecule has 0 unspecified atom stereocenters. The molecule has 1 N–H and O–H groups in total. The molecule has 0 amide bonds. The molecule has 0 saturated heterocycles. The van der Waals surface area contributed by atoms with E-state index in [4.69, 9.17) is 5.11 Å². The van der Waals surface area contributed by atoms with Crippen molar-refractivity contribution in [2.45, 2.75) is 6.42 Å². The molecule has 0 bridgehead atoms. The van der Waals surface area contributed by atoms with Crippen LogP contribution in [0.1, 0.15) is 5.56 Å². The van der Waals surface area contributed by atoms with Gasteiger partial charge in [0.05, 0.1) is 17.8 Å². The Kier molecular flexibility index (Phi) is 3.74. The summed E-state index contributed by atoms with van der Waals surface area (Å²) in [7, 11) is 1.92. The third-order valence-electron chi connectivity index (χ3n) is 3.55. The Balaban J connectivity index is 1.91. The standard InChI is InChI=1S/C18H16N2O2/c1-20-17(15-5-3-2-4-6-15)12-16(19-20)14-9-7-13(8-10-14)11-18(21)22/h2-10,12H,11H2,1H3,(H,21,22). The Morgan fingerprint density at radius 3 is 2.36 bits per heavy atom. The molecule has 2 aromatic carbocycles. The minimum atomic E-state index is -0.822. The summed E-state index contributed by atoms with van der Waals surface area (Å²) >= 11 is 0. The number of aryl methyl sites for hydroxylation is 1. The molecular formula is C18H16N2O2. The average Bonchev–Trinajstić information content (AvgIpc) is 2.90. The van der Waals surface area contributed by atoms with Gasteiger partial charge in [0, 0.05) is 12.6 Å². The molecule has 3 aromatic rings. The van der Waals surface area contributed by atoms with E-state index in [9.17, 15) is 4.79 Å². The van der Waals surface area contributed by atoms with Crippen LogP contribution in [-0.4, -0.2) is 20.9 Å². The van der Waals surface area contributed by atoms with Crippen molar-refractivity contribution < 1.29 is 9.90 Å². The molecule has 0 aliphatic heterocycles. The van der Waals surface area contributed by atoms with Gasteiger partial charge in [-0.25, -0.2) is 0 Å². The van der Waals surface area contributed by atoms with Crippen LogP contribution in [0.2, 0.25) is 0 Å². The fourth-order valence-corrected chi connectivity index (χ4v) is 2.46. The van der Waals surface area contributed by atoms with Gasteiger partial charge in [-0.15, -0.1) is 0 Å². The lowest BCUT2D eigenvalue weighted by Crippen LogP contribution is -1.99. The number of carboxylic acids is 1. The van der Waals surface area contributed by atoms with E-state index in [2.05, 4.69) is 17.2 Å². The van der Waals surface area contributed by atoms with Crippen molar-refractivity contribution in [3.05, 3.63) is 66.2 Å². The van der Waals surface area contributed by atoms with E-state index in [0.717, 1.165) is 28.1 Å². The maximum absolute atomic E-state index is 10.7. The van der Waals surface area contributed by atoms with E-state index in [-0.39, 0.29) is 6.42 Å². The zero-order valence-corrected chi connectivity index (χ0v) is 12.2. The number of carboxylic acid groups (broad SMARTS) is 1. The molecule has 22 heavy (non-hydrogen) atoms. The van der Waals surface area contributed by atoms with Gasteiger partial charge in [-0.2, -0.15) is 5.10 Å². The fraction of sp³-hybridized carbons (Fsp3) is 0.111. The van der Waals surface area contributed by atoms with Crippen LogP contribution < -0.4 is 0 Å². The summed E-state index contributed by atoms with van der Waals surface area (Å²) in [6, 6.07) is 19.6. The van der Waals surface area contributed by atoms with Crippen LogP contribution in [0.5, 0.6) is 0 Å². The first-order valence-electron chi connectivity index (χ1n) is 7.04. The number of hydrogen-bond acceptors (Lipinski definition) is 2. The van der Waals surface area contributed by atoms with E-state index in [0.29, 0.717) is 0 Å². The van der Waals surface area contributed by atoms with Crippen molar-refractivity contribution >= 4 is 5.97 Å². The quantitative estimate of drug-likeness (QED) is 0.802. The lowest BCUT2D eigenvalue weighted by molar-refractivity contribution is -0.136. The van der Waals surface area contributed by atoms with Crippen molar-refractivity contribution in [2.75, 3.05) is 0 Å². The van der Waals surface area contributed by atoms with Crippen LogP contribution in [0.3, 0.4) is 0 Å². The summed E-state index contributed by atoms with van der Waals surface area (Å²) in [5.41, 5.74) is 4.81. The van der Waals surface area contributed by atoms with E-state index >= 15 is 0 Å². The Labute approximate surface area is 128 Å². The van der Waals surface area contributed by atoms with Gasteiger partial charge in [0.2, 0.25) is 0 Å². The van der Waals surface area contributed by atoms with Gasteiger partial charge in [-0.3, -0.25) is 9.48 Å². The molecule has 110 valence electrons. The summed E-state index contributed by atoms with van der Waals surface area (Å²) in [6.07, 6.45) is 0.0394. The number of benzene rings is 2. The monoisotopic (exact) mass is 292 g/mol. The van der Waals surface area contributed by atoms with Crippen LogP contribution in [0, 0.1) is 0 Å². The van der Waals surface area contributed by atoms with Gasteiger partial charge in [0.1, 0.15) is 0 Å². The van der Waals surface area contributed by atoms with Crippen LogP contribution in [0.25, 0.3) is 22.5 Å². The van der Waals surface area contributed by atoms with Crippen molar-refractivity contribution in [3.63, 3.8) is 0 Å². The summed E-state index contributed by atoms with van der Waals surface area (Å²) in [5.74, 6) is -0.822. The molecule has 0 fully saturated rings. The molecule has 4 nitrogen and oxygen atoms in total. The highest BCUT2D eigenvalue weighted by Gasteiger charge is 2.09. The topological polar surface area (TPSA) is 55.1 Å². The van der Waals surface area contributed by atoms with E-state index in [1.165, 1.54) is 0 Å². The highest BCUT2D eigenvalue weighted by atomic mass is 16.4. The minimum absolute atomic E-state index is 0.0394. The molecule has 0 atom stereocenters. The molecule has 0 saturated carbocycles. The van der Waals surface area contributed by atoms with Gasteiger partial charge in [-0.05, 0) is 17.2 Å². The zero-order valence-electron chi connectivity index (χ0n) is 12.2. The van der Waals surface area contributed by atoms with Gasteiger partial charge >= 0.3 is 5.97 Å². The highest BCUT2D eigenvalue weighted by molar-refractivity contribution is 5.72. The molecule has 0 aliphatic rings. The second-order valence-electron chi connectivity index (χ2n) is 5.17. The smallest absolute Gasteiger partial charge is 0.307 e. The normalized spacial score (nSPS) is 10.6. The van der Waals surface area contributed by atoms with Crippen LogP contribution in [0.4, 0.5) is 0 Å². The minimum Gasteiger partial charge on any atom is -0.481 e. The number of hydrogen-bond donors (Lipinski definition) is 1. The Hall–Kier alpha value is -2.88. The first-order chi connectivity index (χ1) is 10.6. The molecule has 4 heteroatoms. The van der Waals surface area contributed by atoms with Crippen LogP contribution in [0.15, 0.2) is 60.7 Å². The number of rotatable bonds is 4. The van der Waals surface area contributed by atoms with E-state index < -0.39 is 5.97 Å². The number of aliphatic carboxylic acids is 1. The molecule has 1 aromatic heterocycles. The predicted molar refractivity (Wildman–Crippen MR) is 85.4 cm³/mol. The van der Waals surface area contributed by atoms with Crippen molar-refractivity contribution in [3.8, 4) is 22.5 Å². The molecule has 0 aliphatic carbocycles. The van der Waals surface area contributed by atoms with Gasteiger partial charge in [-0.1, -0.05) is 54.6 Å². The predicted octanol–water partition coefficient (Wildman–Crippen LogP) is 3.38. The van der Waals surface area contributed by atoms with Crippen molar-refractivity contribution in [1.82, 2.24) is 9.78 Å². The summed E-state index contributed by atoms with van der Waals surface area (Å²) < 4.78 is 1.86. The van der Waals surface area contributed by atoms with Crippen molar-refractivity contribution in [1.29, 1.82) is 0 Å². The molecule has 0 radical (unpaired) electrons. The second-order valence-corrected chi connectivity index (χ2v) is 5.17. The van der Waals surface area contributed by atoms with Gasteiger partial charge in [0.25, 0.3) is 0 Å².